The molecule has 4 N–H and O–H groups in total. The Hall–Kier alpha value is -0.650. The van der Waals surface area contributed by atoms with Gasteiger partial charge in [-0.3, -0.25) is 10.1 Å². The Morgan fingerprint density at radius 3 is 1.56 bits per heavy atom. The van der Waals surface area contributed by atoms with Gasteiger partial charge in [-0.25, -0.2) is 0 Å². The van der Waals surface area contributed by atoms with Gasteiger partial charge in [-0.05, 0) is 53.4 Å². The molecule has 0 aromatic carbocycles. The van der Waals surface area contributed by atoms with Gasteiger partial charge in [0.2, 0.25) is 0 Å². The summed E-state index contributed by atoms with van der Waals surface area (Å²) in [6.07, 6.45) is 13.7. The molecule has 25 heavy (non-hydrogen) atoms. The molecule has 0 heterocycles. The van der Waals surface area contributed by atoms with E-state index >= 15 is 0 Å². The fourth-order valence-electron chi connectivity index (χ4n) is 3.73. The molecule has 0 radical (unpaired) electrons. The number of hydrogen-bond donors (Lipinski definition) is 4. The molecule has 0 saturated heterocycles. The van der Waals surface area contributed by atoms with E-state index in [0.717, 1.165) is 12.1 Å². The zero-order valence-electron chi connectivity index (χ0n) is 16.7. The second-order valence-electron chi connectivity index (χ2n) is 8.79. The van der Waals surface area contributed by atoms with Gasteiger partial charge >= 0.3 is 5.97 Å². The lowest BCUT2D eigenvalue weighted by Gasteiger charge is -2.30. The fraction of sp³-hybridized carbons (Fsp3) is 0.950. The SMILES string of the molecule is C1CCC(NC2CCCCC2)CC1.CC(O)C(NC(C)(C)C)C(=O)O. The number of carbonyl (C=O) groups is 1. The molecule has 0 aliphatic heterocycles. The number of carboxylic acids is 1. The minimum atomic E-state index is -1.03. The summed E-state index contributed by atoms with van der Waals surface area (Å²) >= 11 is 0. The summed E-state index contributed by atoms with van der Waals surface area (Å²) in [7, 11) is 0. The summed E-state index contributed by atoms with van der Waals surface area (Å²) in [6.45, 7) is 7.01. The monoisotopic (exact) mass is 356 g/mol. The molecule has 5 heteroatoms. The second-order valence-corrected chi connectivity index (χ2v) is 8.79. The Morgan fingerprint density at radius 1 is 0.920 bits per heavy atom. The van der Waals surface area contributed by atoms with E-state index in [2.05, 4.69) is 10.6 Å². The number of aliphatic hydroxyl groups is 1. The van der Waals surface area contributed by atoms with E-state index in [1.807, 2.05) is 20.8 Å². The number of hydrogen-bond acceptors (Lipinski definition) is 4. The van der Waals surface area contributed by atoms with Crippen LogP contribution in [-0.4, -0.2) is 46.0 Å². The zero-order valence-corrected chi connectivity index (χ0v) is 16.7. The average Bonchev–Trinajstić information content (AvgIpc) is 2.54. The lowest BCUT2D eigenvalue weighted by atomic mass is 9.91. The summed E-state index contributed by atoms with van der Waals surface area (Å²) in [6, 6.07) is 0.846. The maximum absolute atomic E-state index is 10.6. The third-order valence-electron chi connectivity index (χ3n) is 5.02. The molecule has 2 aliphatic carbocycles. The number of nitrogens with one attached hydrogen (secondary N) is 2. The Labute approximate surface area is 154 Å². The van der Waals surface area contributed by atoms with E-state index in [1.165, 1.54) is 71.1 Å². The van der Waals surface area contributed by atoms with E-state index < -0.39 is 18.1 Å². The van der Waals surface area contributed by atoms with Crippen molar-refractivity contribution in [1.29, 1.82) is 0 Å². The minimum absolute atomic E-state index is 0.306. The third kappa shape index (κ3) is 10.2. The molecule has 0 spiro atoms. The molecule has 0 aromatic heterocycles. The molecule has 2 saturated carbocycles. The van der Waals surface area contributed by atoms with Gasteiger partial charge in [-0.1, -0.05) is 38.5 Å². The number of aliphatic hydroxyl groups excluding tert-OH is 1. The van der Waals surface area contributed by atoms with Gasteiger partial charge in [0, 0.05) is 17.6 Å². The summed E-state index contributed by atoms with van der Waals surface area (Å²) in [4.78, 5) is 10.6. The van der Waals surface area contributed by atoms with Crippen molar-refractivity contribution in [3.05, 3.63) is 0 Å². The van der Waals surface area contributed by atoms with Crippen LogP contribution in [0.15, 0.2) is 0 Å². The Morgan fingerprint density at radius 2 is 1.32 bits per heavy atom. The first-order valence-corrected chi connectivity index (χ1v) is 10.1. The van der Waals surface area contributed by atoms with Crippen molar-refractivity contribution in [3.8, 4) is 0 Å². The molecule has 0 bridgehead atoms. The number of carboxylic acid groups (broad SMARTS) is 1. The third-order valence-corrected chi connectivity index (χ3v) is 5.02. The van der Waals surface area contributed by atoms with Crippen molar-refractivity contribution in [2.24, 2.45) is 0 Å². The van der Waals surface area contributed by atoms with Gasteiger partial charge in [-0.2, -0.15) is 0 Å². The van der Waals surface area contributed by atoms with Crippen LogP contribution in [0.4, 0.5) is 0 Å². The van der Waals surface area contributed by atoms with E-state index in [0.29, 0.717) is 0 Å². The highest BCUT2D eigenvalue weighted by Crippen LogP contribution is 2.22. The average molecular weight is 357 g/mol. The second kappa shape index (κ2) is 11.1. The molecular weight excluding hydrogens is 316 g/mol. The van der Waals surface area contributed by atoms with Crippen LogP contribution in [-0.2, 0) is 4.79 Å². The summed E-state index contributed by atoms with van der Waals surface area (Å²) in [5, 5.41) is 24.5. The van der Waals surface area contributed by atoms with Crippen molar-refractivity contribution < 1.29 is 15.0 Å². The minimum Gasteiger partial charge on any atom is -0.480 e. The Bertz CT molecular complexity index is 352. The number of aliphatic carboxylic acids is 1. The first-order valence-electron chi connectivity index (χ1n) is 10.1. The van der Waals surface area contributed by atoms with E-state index in [9.17, 15) is 4.79 Å². The Balaban J connectivity index is 0.000000252. The molecule has 2 fully saturated rings. The number of rotatable bonds is 5. The van der Waals surface area contributed by atoms with Crippen molar-refractivity contribution in [1.82, 2.24) is 10.6 Å². The molecule has 2 atom stereocenters. The van der Waals surface area contributed by atoms with Crippen LogP contribution in [0.1, 0.15) is 91.9 Å². The van der Waals surface area contributed by atoms with Crippen molar-refractivity contribution in [3.63, 3.8) is 0 Å². The largest absolute Gasteiger partial charge is 0.480 e. The van der Waals surface area contributed by atoms with Crippen LogP contribution in [0.5, 0.6) is 0 Å². The highest BCUT2D eigenvalue weighted by atomic mass is 16.4. The van der Waals surface area contributed by atoms with Gasteiger partial charge in [0.25, 0.3) is 0 Å². The maximum Gasteiger partial charge on any atom is 0.323 e. The van der Waals surface area contributed by atoms with E-state index in [4.69, 9.17) is 10.2 Å². The van der Waals surface area contributed by atoms with Gasteiger partial charge in [0.15, 0.2) is 0 Å². The first-order chi connectivity index (χ1) is 11.7. The summed E-state index contributed by atoms with van der Waals surface area (Å²) in [5.74, 6) is -1.03. The topological polar surface area (TPSA) is 81.6 Å². The highest BCUT2D eigenvalue weighted by Gasteiger charge is 2.27. The quantitative estimate of drug-likeness (QED) is 0.606. The Kier molecular flexibility index (Phi) is 9.98. The van der Waals surface area contributed by atoms with E-state index in [-0.39, 0.29) is 5.54 Å². The van der Waals surface area contributed by atoms with Crippen LogP contribution < -0.4 is 10.6 Å². The molecule has 2 unspecified atom stereocenters. The van der Waals surface area contributed by atoms with Crippen molar-refractivity contribution in [2.75, 3.05) is 0 Å². The van der Waals surface area contributed by atoms with Crippen LogP contribution in [0.2, 0.25) is 0 Å². The summed E-state index contributed by atoms with van der Waals surface area (Å²) < 4.78 is 0. The van der Waals surface area contributed by atoms with Crippen LogP contribution in [0.25, 0.3) is 0 Å². The highest BCUT2D eigenvalue weighted by molar-refractivity contribution is 5.74. The van der Waals surface area contributed by atoms with Crippen LogP contribution in [0.3, 0.4) is 0 Å². The molecule has 2 aliphatic rings. The van der Waals surface area contributed by atoms with Gasteiger partial charge in [-0.15, -0.1) is 0 Å². The predicted molar refractivity (Wildman–Crippen MR) is 103 cm³/mol. The summed E-state index contributed by atoms with van der Waals surface area (Å²) in [5.41, 5.74) is -0.306. The molecule has 148 valence electrons. The lowest BCUT2D eigenvalue weighted by molar-refractivity contribution is -0.142. The molecule has 0 amide bonds. The van der Waals surface area contributed by atoms with Crippen molar-refractivity contribution in [2.45, 2.75) is 122 Å². The smallest absolute Gasteiger partial charge is 0.323 e. The normalized spacial score (nSPS) is 22.6. The van der Waals surface area contributed by atoms with E-state index in [1.54, 1.807) is 0 Å². The molecular formula is C20H40N2O3. The lowest BCUT2D eigenvalue weighted by Crippen LogP contribution is -2.52. The predicted octanol–water partition coefficient (Wildman–Crippen LogP) is 3.45. The fourth-order valence-corrected chi connectivity index (χ4v) is 3.73. The zero-order chi connectivity index (χ0) is 18.9. The molecule has 0 aromatic rings. The van der Waals surface area contributed by atoms with Crippen LogP contribution >= 0.6 is 0 Å². The molecule has 5 nitrogen and oxygen atoms in total. The maximum atomic E-state index is 10.6. The molecule has 2 rings (SSSR count). The van der Waals surface area contributed by atoms with Crippen molar-refractivity contribution >= 4 is 5.97 Å². The standard InChI is InChI=1S/C12H23N.C8H17NO3/c1-3-7-11(8-4-1)13-12-9-5-2-6-10-12;1-5(10)6(7(11)12)9-8(2,3)4/h11-13H,1-10H2;5-6,9-10H,1-4H3,(H,11,12). The first kappa shape index (κ1) is 22.4. The van der Waals surface area contributed by atoms with Gasteiger partial charge in [0.05, 0.1) is 6.10 Å². The van der Waals surface area contributed by atoms with Crippen LogP contribution in [0, 0.1) is 0 Å². The van der Waals surface area contributed by atoms with Gasteiger partial charge < -0.3 is 15.5 Å². The van der Waals surface area contributed by atoms with Gasteiger partial charge in [0.1, 0.15) is 6.04 Å².